The molecule has 74 valence electrons. The lowest BCUT2D eigenvalue weighted by molar-refractivity contribution is -0.138. The van der Waals surface area contributed by atoms with Gasteiger partial charge in [0.05, 0.1) is 0 Å². The van der Waals surface area contributed by atoms with Crippen molar-refractivity contribution in [3.8, 4) is 0 Å². The lowest BCUT2D eigenvalue weighted by Gasteiger charge is -2.45. The van der Waals surface area contributed by atoms with Crippen LogP contribution in [0.5, 0.6) is 0 Å². The molecule has 0 aromatic rings. The van der Waals surface area contributed by atoms with Crippen LogP contribution >= 0.6 is 11.8 Å². The molecule has 0 atom stereocenters. The molecule has 0 saturated carbocycles. The third-order valence-corrected chi connectivity index (χ3v) is 4.17. The molecule has 3 nitrogen and oxygen atoms in total. The Hall–Kier alpha value is -0.220. The summed E-state index contributed by atoms with van der Waals surface area (Å²) in [6, 6.07) is 0. The molecule has 0 bridgehead atoms. The van der Waals surface area contributed by atoms with Crippen LogP contribution in [0.25, 0.3) is 0 Å². The third kappa shape index (κ3) is 1.36. The molecule has 0 radical (unpaired) electrons. The first-order valence-electron chi connectivity index (χ1n) is 4.82. The van der Waals surface area contributed by atoms with Gasteiger partial charge in [-0.1, -0.05) is 13.8 Å². The van der Waals surface area contributed by atoms with Crippen LogP contribution in [0.1, 0.15) is 13.8 Å². The van der Waals surface area contributed by atoms with E-state index < -0.39 is 0 Å². The molecule has 2 rings (SSSR count). The van der Waals surface area contributed by atoms with Gasteiger partial charge in [0.25, 0.3) is 0 Å². The van der Waals surface area contributed by atoms with Gasteiger partial charge in [0, 0.05) is 31.3 Å². The molecule has 0 aromatic heterocycles. The fourth-order valence-electron chi connectivity index (χ4n) is 1.86. The number of hydrogen-bond donors (Lipinski definition) is 1. The highest BCUT2D eigenvalue weighted by molar-refractivity contribution is 8.01. The Morgan fingerprint density at radius 1 is 1.54 bits per heavy atom. The Balaban J connectivity index is 2.09. The summed E-state index contributed by atoms with van der Waals surface area (Å²) in [4.78, 5) is 14.0. The highest BCUT2D eigenvalue weighted by Crippen LogP contribution is 2.39. The van der Waals surface area contributed by atoms with Gasteiger partial charge in [-0.3, -0.25) is 4.79 Å². The summed E-state index contributed by atoms with van der Waals surface area (Å²) < 4.78 is 0. The topological polar surface area (TPSA) is 32.3 Å². The minimum Gasteiger partial charge on any atom is -0.324 e. The monoisotopic (exact) mass is 200 g/mol. The van der Waals surface area contributed by atoms with E-state index in [-0.39, 0.29) is 10.8 Å². The zero-order valence-corrected chi connectivity index (χ0v) is 8.99. The van der Waals surface area contributed by atoms with Gasteiger partial charge >= 0.3 is 0 Å². The number of hydrogen-bond acceptors (Lipinski definition) is 3. The minimum atomic E-state index is 0.126. The fraction of sp³-hybridized carbons (Fsp3) is 0.889. The molecular formula is C9H16N2OS. The number of rotatable bonds is 1. The van der Waals surface area contributed by atoms with Crippen LogP contribution in [-0.4, -0.2) is 41.1 Å². The Kier molecular flexibility index (Phi) is 2.28. The summed E-state index contributed by atoms with van der Waals surface area (Å²) in [5, 5.41) is 3.25. The number of amides is 1. The Morgan fingerprint density at radius 3 is 2.69 bits per heavy atom. The molecule has 1 spiro atoms. The quantitative estimate of drug-likeness (QED) is 0.669. The third-order valence-electron chi connectivity index (χ3n) is 2.74. The van der Waals surface area contributed by atoms with Gasteiger partial charge in [-0.15, -0.1) is 11.8 Å². The largest absolute Gasteiger partial charge is 0.324 e. The van der Waals surface area contributed by atoms with Gasteiger partial charge in [-0.05, 0) is 0 Å². The minimum absolute atomic E-state index is 0.126. The molecule has 1 N–H and O–H groups in total. The summed E-state index contributed by atoms with van der Waals surface area (Å²) in [5.74, 6) is 1.54. The second-order valence-electron chi connectivity index (χ2n) is 4.04. The lowest BCUT2D eigenvalue weighted by Crippen LogP contribution is -2.66. The number of thioether (sulfide) groups is 1. The van der Waals surface area contributed by atoms with Crippen molar-refractivity contribution in [2.45, 2.75) is 18.7 Å². The standard InChI is InChI=1S/C9H16N2OS/c1-7(2)8(12)11-3-4-13-9(11)5-10-6-9/h7,10H,3-6H2,1-2H3. The number of carbonyl (C=O) groups is 1. The molecule has 0 unspecified atom stereocenters. The van der Waals surface area contributed by atoms with Gasteiger partial charge in [0.15, 0.2) is 0 Å². The molecule has 2 fully saturated rings. The summed E-state index contributed by atoms with van der Waals surface area (Å²) in [6.45, 7) is 6.83. The van der Waals surface area contributed by atoms with Crippen LogP contribution in [0.15, 0.2) is 0 Å². The SMILES string of the molecule is CC(C)C(=O)N1CCSC12CNC2. The van der Waals surface area contributed by atoms with Gasteiger partial charge in [0.1, 0.15) is 4.87 Å². The lowest BCUT2D eigenvalue weighted by atomic mass is 10.1. The first-order valence-corrected chi connectivity index (χ1v) is 5.80. The summed E-state index contributed by atoms with van der Waals surface area (Å²) >= 11 is 1.93. The Labute approximate surface area is 83.2 Å². The maximum absolute atomic E-state index is 11.8. The second kappa shape index (κ2) is 3.17. The van der Waals surface area contributed by atoms with E-state index in [0.717, 1.165) is 25.4 Å². The smallest absolute Gasteiger partial charge is 0.226 e. The van der Waals surface area contributed by atoms with Crippen LogP contribution in [-0.2, 0) is 4.79 Å². The molecular weight excluding hydrogens is 184 g/mol. The molecule has 4 heteroatoms. The zero-order chi connectivity index (χ0) is 9.47. The molecule has 13 heavy (non-hydrogen) atoms. The van der Waals surface area contributed by atoms with Crippen molar-refractivity contribution in [3.63, 3.8) is 0 Å². The zero-order valence-electron chi connectivity index (χ0n) is 8.17. The van der Waals surface area contributed by atoms with E-state index in [4.69, 9.17) is 0 Å². The van der Waals surface area contributed by atoms with Gasteiger partial charge in [0.2, 0.25) is 5.91 Å². The van der Waals surface area contributed by atoms with Gasteiger partial charge in [-0.25, -0.2) is 0 Å². The first kappa shape index (κ1) is 9.34. The van der Waals surface area contributed by atoms with Crippen molar-refractivity contribution in [2.75, 3.05) is 25.4 Å². The molecule has 2 saturated heterocycles. The molecule has 0 aromatic carbocycles. The maximum atomic E-state index is 11.8. The van der Waals surface area contributed by atoms with E-state index in [1.807, 2.05) is 25.6 Å². The highest BCUT2D eigenvalue weighted by atomic mass is 32.2. The second-order valence-corrected chi connectivity index (χ2v) is 5.50. The fourth-order valence-corrected chi connectivity index (χ4v) is 3.26. The van der Waals surface area contributed by atoms with E-state index >= 15 is 0 Å². The first-order chi connectivity index (χ1) is 6.16. The number of nitrogens with one attached hydrogen (secondary N) is 1. The normalized spacial score (nSPS) is 25.3. The van der Waals surface area contributed by atoms with Crippen LogP contribution in [0.4, 0.5) is 0 Å². The van der Waals surface area contributed by atoms with E-state index in [9.17, 15) is 4.79 Å². The van der Waals surface area contributed by atoms with E-state index in [1.165, 1.54) is 0 Å². The molecule has 1 amide bonds. The number of carbonyl (C=O) groups excluding carboxylic acids is 1. The average Bonchev–Trinajstić information content (AvgIpc) is 2.44. The molecule has 2 heterocycles. The Bertz CT molecular complexity index is 226. The predicted octanol–water partition coefficient (Wildman–Crippen LogP) is 0.517. The van der Waals surface area contributed by atoms with E-state index in [1.54, 1.807) is 0 Å². The highest BCUT2D eigenvalue weighted by Gasteiger charge is 2.49. The molecule has 0 aliphatic carbocycles. The van der Waals surface area contributed by atoms with Gasteiger partial charge < -0.3 is 10.2 Å². The Morgan fingerprint density at radius 2 is 2.23 bits per heavy atom. The van der Waals surface area contributed by atoms with Crippen molar-refractivity contribution < 1.29 is 4.79 Å². The van der Waals surface area contributed by atoms with Crippen molar-refractivity contribution in [2.24, 2.45) is 5.92 Å². The maximum Gasteiger partial charge on any atom is 0.226 e. The van der Waals surface area contributed by atoms with Crippen molar-refractivity contribution in [3.05, 3.63) is 0 Å². The van der Waals surface area contributed by atoms with E-state index in [2.05, 4.69) is 10.2 Å². The average molecular weight is 200 g/mol. The van der Waals surface area contributed by atoms with Gasteiger partial charge in [-0.2, -0.15) is 0 Å². The number of nitrogens with zero attached hydrogens (tertiary/aromatic N) is 1. The summed E-state index contributed by atoms with van der Waals surface area (Å²) in [6.07, 6.45) is 0. The van der Waals surface area contributed by atoms with E-state index in [0.29, 0.717) is 5.91 Å². The molecule has 2 aliphatic rings. The summed E-state index contributed by atoms with van der Waals surface area (Å²) in [7, 11) is 0. The van der Waals surface area contributed by atoms with Crippen LogP contribution in [0.3, 0.4) is 0 Å². The van der Waals surface area contributed by atoms with Crippen molar-refractivity contribution in [1.29, 1.82) is 0 Å². The molecule has 2 aliphatic heterocycles. The summed E-state index contributed by atoms with van der Waals surface area (Å²) in [5.41, 5.74) is 0. The van der Waals surface area contributed by atoms with Crippen molar-refractivity contribution in [1.82, 2.24) is 10.2 Å². The predicted molar refractivity (Wildman–Crippen MR) is 54.6 cm³/mol. The van der Waals surface area contributed by atoms with Crippen LogP contribution < -0.4 is 5.32 Å². The van der Waals surface area contributed by atoms with Crippen molar-refractivity contribution >= 4 is 17.7 Å². The van der Waals surface area contributed by atoms with Crippen LogP contribution in [0.2, 0.25) is 0 Å². The van der Waals surface area contributed by atoms with Crippen LogP contribution in [0, 0.1) is 5.92 Å².